The van der Waals surface area contributed by atoms with Crippen LogP contribution >= 0.6 is 27.5 Å². The third kappa shape index (κ3) is 2.25. The number of hydrogen-bond acceptors (Lipinski definition) is 2. The lowest BCUT2D eigenvalue weighted by molar-refractivity contribution is -0.140. The Hall–Kier alpha value is -0.610. The van der Waals surface area contributed by atoms with E-state index < -0.39 is 17.2 Å². The van der Waals surface area contributed by atoms with Crippen LogP contribution in [0.25, 0.3) is 0 Å². The van der Waals surface area contributed by atoms with Gasteiger partial charge in [-0.05, 0) is 22.0 Å². The second-order valence-electron chi connectivity index (χ2n) is 2.53. The lowest BCUT2D eigenvalue weighted by Gasteiger charge is -2.08. The molecule has 0 heterocycles. The third-order valence-electron chi connectivity index (χ3n) is 1.66. The summed E-state index contributed by atoms with van der Waals surface area (Å²) in [6.07, 6.45) is 0. The van der Waals surface area contributed by atoms with Crippen LogP contribution in [-0.2, 0) is 9.53 Å². The van der Waals surface area contributed by atoms with Crippen molar-refractivity contribution in [2.24, 2.45) is 0 Å². The Bertz CT molecular complexity index is 357. The number of halogens is 3. The summed E-state index contributed by atoms with van der Waals surface area (Å²) in [6, 6.07) is 4.56. The predicted molar refractivity (Wildman–Crippen MR) is 54.7 cm³/mol. The molecule has 0 amide bonds. The van der Waals surface area contributed by atoms with Crippen molar-refractivity contribution in [2.45, 2.75) is 5.38 Å². The summed E-state index contributed by atoms with van der Waals surface area (Å²) in [6.45, 7) is 0. The lowest BCUT2D eigenvalue weighted by atomic mass is 10.1. The number of rotatable bonds is 2. The van der Waals surface area contributed by atoms with Gasteiger partial charge in [-0.3, -0.25) is 4.79 Å². The van der Waals surface area contributed by atoms with E-state index in [0.29, 0.717) is 0 Å². The molecule has 0 bridgehead atoms. The maximum absolute atomic E-state index is 13.4. The maximum Gasteiger partial charge on any atom is 0.328 e. The quantitative estimate of drug-likeness (QED) is 0.615. The molecule has 0 fully saturated rings. The molecule has 1 aromatic rings. The molecule has 1 atom stereocenters. The SMILES string of the molecule is COC(=O)C(Cl)c1cccc(Br)c1F. The highest BCUT2D eigenvalue weighted by molar-refractivity contribution is 9.10. The van der Waals surface area contributed by atoms with Crippen molar-refractivity contribution >= 4 is 33.5 Å². The summed E-state index contributed by atoms with van der Waals surface area (Å²) < 4.78 is 18.1. The van der Waals surface area contributed by atoms with Crippen LogP contribution in [0, 0.1) is 5.82 Å². The second-order valence-corrected chi connectivity index (χ2v) is 3.82. The molecule has 0 saturated heterocycles. The molecule has 1 unspecified atom stereocenters. The van der Waals surface area contributed by atoms with E-state index in [1.54, 1.807) is 6.07 Å². The molecule has 0 aliphatic rings. The monoisotopic (exact) mass is 280 g/mol. The molecule has 0 aliphatic carbocycles. The second kappa shape index (κ2) is 4.75. The van der Waals surface area contributed by atoms with Crippen LogP contribution in [0.15, 0.2) is 22.7 Å². The molecule has 2 nitrogen and oxygen atoms in total. The van der Waals surface area contributed by atoms with Crippen LogP contribution in [0.5, 0.6) is 0 Å². The van der Waals surface area contributed by atoms with E-state index in [1.165, 1.54) is 19.2 Å². The van der Waals surface area contributed by atoms with Crippen LogP contribution in [0.4, 0.5) is 4.39 Å². The standard InChI is InChI=1S/C9H7BrClFO2/c1-14-9(13)7(11)5-3-2-4-6(10)8(5)12/h2-4,7H,1H3. The number of hydrogen-bond donors (Lipinski definition) is 0. The Morgan fingerprint density at radius 3 is 2.86 bits per heavy atom. The molecule has 0 radical (unpaired) electrons. The molecule has 0 spiro atoms. The van der Waals surface area contributed by atoms with E-state index in [2.05, 4.69) is 20.7 Å². The van der Waals surface area contributed by atoms with Crippen LogP contribution in [0.2, 0.25) is 0 Å². The van der Waals surface area contributed by atoms with Crippen LogP contribution < -0.4 is 0 Å². The number of esters is 1. The molecule has 14 heavy (non-hydrogen) atoms. The molecule has 1 rings (SSSR count). The zero-order valence-electron chi connectivity index (χ0n) is 7.26. The van der Waals surface area contributed by atoms with Gasteiger partial charge in [0.15, 0.2) is 5.38 Å². The van der Waals surface area contributed by atoms with Crippen molar-refractivity contribution < 1.29 is 13.9 Å². The number of benzene rings is 1. The minimum atomic E-state index is -1.11. The van der Waals surface area contributed by atoms with E-state index in [0.717, 1.165) is 0 Å². The fourth-order valence-corrected chi connectivity index (χ4v) is 1.59. The summed E-state index contributed by atoms with van der Waals surface area (Å²) in [7, 11) is 1.20. The van der Waals surface area contributed by atoms with E-state index in [9.17, 15) is 9.18 Å². The van der Waals surface area contributed by atoms with Crippen molar-refractivity contribution in [3.8, 4) is 0 Å². The highest BCUT2D eigenvalue weighted by Crippen LogP contribution is 2.28. The van der Waals surface area contributed by atoms with E-state index in [1.807, 2.05) is 0 Å². The Balaban J connectivity index is 3.07. The Morgan fingerprint density at radius 1 is 1.64 bits per heavy atom. The van der Waals surface area contributed by atoms with Gasteiger partial charge in [-0.25, -0.2) is 4.39 Å². The zero-order chi connectivity index (χ0) is 10.7. The minimum absolute atomic E-state index is 0.105. The Kier molecular flexibility index (Phi) is 3.89. The molecule has 0 aromatic heterocycles. The summed E-state index contributed by atoms with van der Waals surface area (Å²) in [5.74, 6) is -1.22. The van der Waals surface area contributed by atoms with Gasteiger partial charge in [-0.15, -0.1) is 11.6 Å². The number of ether oxygens (including phenoxy) is 1. The van der Waals surface area contributed by atoms with Gasteiger partial charge in [0.05, 0.1) is 11.6 Å². The topological polar surface area (TPSA) is 26.3 Å². The van der Waals surface area contributed by atoms with E-state index >= 15 is 0 Å². The predicted octanol–water partition coefficient (Wildman–Crippen LogP) is 3.04. The summed E-state index contributed by atoms with van der Waals surface area (Å²) in [5, 5.41) is -1.11. The fraction of sp³-hybridized carbons (Fsp3) is 0.222. The third-order valence-corrected chi connectivity index (χ3v) is 2.69. The molecular weight excluding hydrogens is 274 g/mol. The highest BCUT2D eigenvalue weighted by atomic mass is 79.9. The average molecular weight is 282 g/mol. The first-order valence-electron chi connectivity index (χ1n) is 3.73. The molecule has 5 heteroatoms. The van der Waals surface area contributed by atoms with Gasteiger partial charge in [0.2, 0.25) is 0 Å². The van der Waals surface area contributed by atoms with Crippen molar-refractivity contribution in [3.63, 3.8) is 0 Å². The van der Waals surface area contributed by atoms with Gasteiger partial charge in [0.25, 0.3) is 0 Å². The van der Waals surface area contributed by atoms with Crippen LogP contribution in [-0.4, -0.2) is 13.1 Å². The summed E-state index contributed by atoms with van der Waals surface area (Å²) >= 11 is 8.70. The van der Waals surface area contributed by atoms with Crippen molar-refractivity contribution in [1.29, 1.82) is 0 Å². The number of methoxy groups -OCH3 is 1. The Morgan fingerprint density at radius 2 is 2.29 bits per heavy atom. The number of alkyl halides is 1. The maximum atomic E-state index is 13.4. The average Bonchev–Trinajstić information content (AvgIpc) is 2.20. The molecular formula is C9H7BrClFO2. The number of carbonyl (C=O) groups excluding carboxylic acids is 1. The van der Waals surface area contributed by atoms with Gasteiger partial charge in [0, 0.05) is 5.56 Å². The first-order chi connectivity index (χ1) is 6.57. The molecule has 0 aliphatic heterocycles. The lowest BCUT2D eigenvalue weighted by Crippen LogP contribution is -2.10. The molecule has 0 saturated carbocycles. The summed E-state index contributed by atoms with van der Waals surface area (Å²) in [5.41, 5.74) is 0.105. The van der Waals surface area contributed by atoms with Crippen LogP contribution in [0.1, 0.15) is 10.9 Å². The van der Waals surface area contributed by atoms with E-state index in [-0.39, 0.29) is 10.0 Å². The smallest absolute Gasteiger partial charge is 0.328 e. The normalized spacial score (nSPS) is 12.3. The Labute approximate surface area is 94.1 Å². The fourth-order valence-electron chi connectivity index (χ4n) is 0.947. The molecule has 76 valence electrons. The largest absolute Gasteiger partial charge is 0.468 e. The first kappa shape index (κ1) is 11.5. The first-order valence-corrected chi connectivity index (χ1v) is 4.96. The van der Waals surface area contributed by atoms with Gasteiger partial charge >= 0.3 is 5.97 Å². The molecule has 0 N–H and O–H groups in total. The van der Waals surface area contributed by atoms with Crippen LogP contribution in [0.3, 0.4) is 0 Å². The minimum Gasteiger partial charge on any atom is -0.468 e. The van der Waals surface area contributed by atoms with E-state index in [4.69, 9.17) is 11.6 Å². The van der Waals surface area contributed by atoms with Gasteiger partial charge in [-0.1, -0.05) is 12.1 Å². The number of carbonyl (C=O) groups is 1. The van der Waals surface area contributed by atoms with Gasteiger partial charge in [0.1, 0.15) is 5.82 Å². The van der Waals surface area contributed by atoms with Crippen molar-refractivity contribution in [2.75, 3.05) is 7.11 Å². The van der Waals surface area contributed by atoms with Gasteiger partial charge in [-0.2, -0.15) is 0 Å². The molecule has 1 aromatic carbocycles. The zero-order valence-corrected chi connectivity index (χ0v) is 9.60. The summed E-state index contributed by atoms with van der Waals surface area (Å²) in [4.78, 5) is 11.0. The van der Waals surface area contributed by atoms with Crippen molar-refractivity contribution in [3.05, 3.63) is 34.1 Å². The highest BCUT2D eigenvalue weighted by Gasteiger charge is 2.22. The van der Waals surface area contributed by atoms with Crippen molar-refractivity contribution in [1.82, 2.24) is 0 Å². The van der Waals surface area contributed by atoms with Gasteiger partial charge < -0.3 is 4.74 Å².